The molecular weight excluding hydrogens is 200 g/mol. The molecule has 1 heterocycles. The van der Waals surface area contributed by atoms with E-state index in [2.05, 4.69) is 38.8 Å². The van der Waals surface area contributed by atoms with Gasteiger partial charge in [-0.2, -0.15) is 0 Å². The van der Waals surface area contributed by atoms with Crippen molar-refractivity contribution in [2.45, 2.75) is 20.3 Å². The minimum atomic E-state index is 0.114. The van der Waals surface area contributed by atoms with Crippen LogP contribution in [0.5, 0.6) is 0 Å². The quantitative estimate of drug-likeness (QED) is 0.664. The van der Waals surface area contributed by atoms with Crippen LogP contribution < -0.4 is 0 Å². The van der Waals surface area contributed by atoms with E-state index in [0.717, 1.165) is 19.6 Å². The van der Waals surface area contributed by atoms with E-state index in [0.29, 0.717) is 6.42 Å². The third-order valence-corrected chi connectivity index (χ3v) is 2.81. The van der Waals surface area contributed by atoms with Crippen molar-refractivity contribution < 1.29 is 4.79 Å². The van der Waals surface area contributed by atoms with Crippen LogP contribution in [0.25, 0.3) is 0 Å². The Hall–Kier alpha value is -1.01. The van der Waals surface area contributed by atoms with E-state index in [1.807, 2.05) is 4.90 Å². The topological polar surface area (TPSA) is 23.6 Å². The molecule has 0 aliphatic carbocycles. The number of hydrogen-bond donors (Lipinski definition) is 0. The summed E-state index contributed by atoms with van der Waals surface area (Å²) in [5.74, 6) is 2.99. The Morgan fingerprint density at radius 3 is 2.62 bits per heavy atom. The molecule has 3 nitrogen and oxygen atoms in total. The average molecular weight is 222 g/mol. The fraction of sp³-hybridized carbons (Fsp3) is 0.769. The lowest BCUT2D eigenvalue weighted by Gasteiger charge is -2.32. The molecule has 0 radical (unpaired) electrons. The van der Waals surface area contributed by atoms with Gasteiger partial charge in [0.1, 0.15) is 0 Å². The van der Waals surface area contributed by atoms with Crippen LogP contribution in [0, 0.1) is 23.7 Å². The normalized spacial score (nSPS) is 21.6. The van der Waals surface area contributed by atoms with Gasteiger partial charge in [0.05, 0.1) is 0 Å². The predicted molar refractivity (Wildman–Crippen MR) is 65.9 cm³/mol. The zero-order valence-electron chi connectivity index (χ0n) is 10.8. The van der Waals surface area contributed by atoms with Gasteiger partial charge in [-0.3, -0.25) is 4.79 Å². The molecule has 1 aliphatic rings. The third kappa shape index (κ3) is 3.53. The Bertz CT molecular complexity index is 302. The van der Waals surface area contributed by atoms with Gasteiger partial charge in [-0.05, 0) is 19.5 Å². The predicted octanol–water partition coefficient (Wildman–Crippen LogP) is 1.06. The van der Waals surface area contributed by atoms with Crippen LogP contribution in [-0.4, -0.2) is 49.4 Å². The number of likely N-dealkylation sites (tertiary alicyclic amines) is 1. The molecule has 0 aromatic rings. The molecular formula is C13H22N2O. The third-order valence-electron chi connectivity index (χ3n) is 2.81. The van der Waals surface area contributed by atoms with Gasteiger partial charge >= 0.3 is 0 Å². The molecule has 1 aliphatic heterocycles. The van der Waals surface area contributed by atoms with Crippen LogP contribution in [0.1, 0.15) is 20.3 Å². The Morgan fingerprint density at radius 1 is 1.56 bits per heavy atom. The first-order valence-electron chi connectivity index (χ1n) is 5.73. The molecule has 1 atom stereocenters. The van der Waals surface area contributed by atoms with Crippen LogP contribution in [0.3, 0.4) is 0 Å². The summed E-state index contributed by atoms with van der Waals surface area (Å²) in [4.78, 5) is 15.8. The van der Waals surface area contributed by atoms with Gasteiger partial charge in [0.15, 0.2) is 0 Å². The van der Waals surface area contributed by atoms with E-state index in [1.165, 1.54) is 0 Å². The van der Waals surface area contributed by atoms with Gasteiger partial charge in [-0.1, -0.05) is 13.8 Å². The maximum absolute atomic E-state index is 11.7. The van der Waals surface area contributed by atoms with E-state index in [-0.39, 0.29) is 17.2 Å². The number of amides is 1. The van der Waals surface area contributed by atoms with Gasteiger partial charge in [0.2, 0.25) is 5.91 Å². The summed E-state index contributed by atoms with van der Waals surface area (Å²) in [6.45, 7) is 6.86. The molecule has 1 saturated heterocycles. The van der Waals surface area contributed by atoms with Crippen molar-refractivity contribution >= 4 is 5.91 Å². The lowest BCUT2D eigenvalue weighted by atomic mass is 9.92. The second-order valence-electron chi connectivity index (χ2n) is 5.74. The number of rotatable bonds is 4. The highest BCUT2D eigenvalue weighted by molar-refractivity contribution is 5.79. The standard InChI is InChI=1S/C13H22N2O/c1-6-11-7-12(16)15(8-11)10-13(2,3)9-14(4)5/h1,11H,7-10H2,2-5H3. The Kier molecular flexibility index (Phi) is 3.98. The van der Waals surface area contributed by atoms with Gasteiger partial charge in [0.25, 0.3) is 0 Å². The van der Waals surface area contributed by atoms with Crippen molar-refractivity contribution in [2.75, 3.05) is 33.7 Å². The zero-order valence-corrected chi connectivity index (χ0v) is 10.8. The Labute approximate surface area is 98.8 Å². The lowest BCUT2D eigenvalue weighted by Crippen LogP contribution is -2.40. The average Bonchev–Trinajstić information content (AvgIpc) is 2.44. The van der Waals surface area contributed by atoms with E-state index in [9.17, 15) is 4.79 Å². The second-order valence-corrected chi connectivity index (χ2v) is 5.74. The fourth-order valence-electron chi connectivity index (χ4n) is 2.46. The molecule has 1 fully saturated rings. The van der Waals surface area contributed by atoms with Crippen LogP contribution in [-0.2, 0) is 4.79 Å². The first kappa shape index (κ1) is 13.1. The van der Waals surface area contributed by atoms with Gasteiger partial charge in [-0.15, -0.1) is 12.3 Å². The summed E-state index contributed by atoms with van der Waals surface area (Å²) in [7, 11) is 4.11. The number of hydrogen-bond acceptors (Lipinski definition) is 2. The summed E-state index contributed by atoms with van der Waals surface area (Å²) in [5, 5.41) is 0. The SMILES string of the molecule is C#CC1CC(=O)N(CC(C)(C)CN(C)C)C1. The van der Waals surface area contributed by atoms with Crippen LogP contribution in [0.2, 0.25) is 0 Å². The highest BCUT2D eigenvalue weighted by Gasteiger charge is 2.32. The Balaban J connectivity index is 2.55. The molecule has 3 heteroatoms. The van der Waals surface area contributed by atoms with E-state index >= 15 is 0 Å². The Morgan fingerprint density at radius 2 is 2.19 bits per heavy atom. The molecule has 0 saturated carbocycles. The van der Waals surface area contributed by atoms with E-state index in [1.54, 1.807) is 0 Å². The van der Waals surface area contributed by atoms with Crippen molar-refractivity contribution in [1.29, 1.82) is 0 Å². The highest BCUT2D eigenvalue weighted by Crippen LogP contribution is 2.24. The number of carbonyl (C=O) groups is 1. The molecule has 16 heavy (non-hydrogen) atoms. The first-order chi connectivity index (χ1) is 7.34. The van der Waals surface area contributed by atoms with E-state index < -0.39 is 0 Å². The van der Waals surface area contributed by atoms with Crippen LogP contribution in [0.4, 0.5) is 0 Å². The maximum atomic E-state index is 11.7. The first-order valence-corrected chi connectivity index (χ1v) is 5.73. The molecule has 1 unspecified atom stereocenters. The number of carbonyl (C=O) groups excluding carboxylic acids is 1. The van der Waals surface area contributed by atoms with Gasteiger partial charge < -0.3 is 9.80 Å². The maximum Gasteiger partial charge on any atom is 0.223 e. The molecule has 0 spiro atoms. The molecule has 0 aromatic heterocycles. The molecule has 1 rings (SSSR count). The molecule has 0 bridgehead atoms. The summed E-state index contributed by atoms with van der Waals surface area (Å²) < 4.78 is 0. The zero-order chi connectivity index (χ0) is 12.3. The van der Waals surface area contributed by atoms with Gasteiger partial charge in [0, 0.05) is 32.0 Å². The van der Waals surface area contributed by atoms with Crippen molar-refractivity contribution in [2.24, 2.45) is 11.3 Å². The van der Waals surface area contributed by atoms with Gasteiger partial charge in [-0.25, -0.2) is 0 Å². The highest BCUT2D eigenvalue weighted by atomic mass is 16.2. The van der Waals surface area contributed by atoms with Crippen LogP contribution >= 0.6 is 0 Å². The molecule has 90 valence electrons. The minimum Gasteiger partial charge on any atom is -0.341 e. The minimum absolute atomic E-state index is 0.114. The monoisotopic (exact) mass is 222 g/mol. The summed E-state index contributed by atoms with van der Waals surface area (Å²) in [6, 6.07) is 0. The summed E-state index contributed by atoms with van der Waals surface area (Å²) in [6.07, 6.45) is 5.89. The lowest BCUT2D eigenvalue weighted by molar-refractivity contribution is -0.129. The molecule has 1 amide bonds. The van der Waals surface area contributed by atoms with Crippen LogP contribution in [0.15, 0.2) is 0 Å². The summed E-state index contributed by atoms with van der Waals surface area (Å²) >= 11 is 0. The molecule has 0 aromatic carbocycles. The molecule has 0 N–H and O–H groups in total. The van der Waals surface area contributed by atoms with Crippen molar-refractivity contribution in [3.8, 4) is 12.3 Å². The van der Waals surface area contributed by atoms with Crippen molar-refractivity contribution in [1.82, 2.24) is 9.80 Å². The van der Waals surface area contributed by atoms with Crippen molar-refractivity contribution in [3.63, 3.8) is 0 Å². The summed E-state index contributed by atoms with van der Waals surface area (Å²) in [5.41, 5.74) is 0.114. The fourth-order valence-corrected chi connectivity index (χ4v) is 2.46. The number of terminal acetylenes is 1. The largest absolute Gasteiger partial charge is 0.341 e. The number of nitrogens with zero attached hydrogens (tertiary/aromatic N) is 2. The van der Waals surface area contributed by atoms with E-state index in [4.69, 9.17) is 6.42 Å². The van der Waals surface area contributed by atoms with Crippen molar-refractivity contribution in [3.05, 3.63) is 0 Å². The smallest absolute Gasteiger partial charge is 0.223 e. The second kappa shape index (κ2) is 4.88.